The molecule has 0 spiro atoms. The second-order valence-electron chi connectivity index (χ2n) is 7.72. The number of aromatic nitrogens is 2. The first-order chi connectivity index (χ1) is 14.0. The number of carbonyl (C=O) groups is 2. The molecule has 0 unspecified atom stereocenters. The summed E-state index contributed by atoms with van der Waals surface area (Å²) in [7, 11) is 0. The van der Waals surface area contributed by atoms with Gasteiger partial charge in [0.25, 0.3) is 5.91 Å². The summed E-state index contributed by atoms with van der Waals surface area (Å²) in [5.74, 6) is 0.560. The Hall–Kier alpha value is -3.34. The molecular formula is C24H23N3O2. The smallest absolute Gasteiger partial charge is 0.258 e. The van der Waals surface area contributed by atoms with Crippen LogP contribution in [0.2, 0.25) is 0 Å². The zero-order chi connectivity index (χ0) is 20.4. The van der Waals surface area contributed by atoms with Gasteiger partial charge in [0.1, 0.15) is 0 Å². The largest absolute Gasteiger partial charge is 0.294 e. The molecule has 1 aromatic heterocycles. The second kappa shape index (κ2) is 7.95. The van der Waals surface area contributed by atoms with E-state index in [0.717, 1.165) is 5.56 Å². The predicted octanol–water partition coefficient (Wildman–Crippen LogP) is 4.77. The fourth-order valence-corrected chi connectivity index (χ4v) is 3.66. The number of amides is 1. The molecule has 1 N–H and O–H groups in total. The number of carbonyl (C=O) groups excluding carboxylic acids is 2. The van der Waals surface area contributed by atoms with E-state index in [1.165, 1.54) is 11.8 Å². The van der Waals surface area contributed by atoms with Crippen molar-refractivity contribution in [2.24, 2.45) is 0 Å². The van der Waals surface area contributed by atoms with Gasteiger partial charge in [-0.25, -0.2) is 9.97 Å². The van der Waals surface area contributed by atoms with Crippen LogP contribution in [-0.2, 0) is 6.42 Å². The van der Waals surface area contributed by atoms with Gasteiger partial charge in [-0.15, -0.1) is 0 Å². The van der Waals surface area contributed by atoms with Crippen LogP contribution in [0.3, 0.4) is 0 Å². The maximum atomic E-state index is 12.6. The van der Waals surface area contributed by atoms with Gasteiger partial charge in [-0.2, -0.15) is 0 Å². The van der Waals surface area contributed by atoms with Gasteiger partial charge >= 0.3 is 0 Å². The first-order valence-electron chi connectivity index (χ1n) is 9.86. The third-order valence-electron chi connectivity index (χ3n) is 5.38. The lowest BCUT2D eigenvalue weighted by Crippen LogP contribution is -2.22. The Morgan fingerprint density at radius 2 is 1.76 bits per heavy atom. The summed E-state index contributed by atoms with van der Waals surface area (Å²) in [6, 6.07) is 17.4. The van der Waals surface area contributed by atoms with E-state index in [9.17, 15) is 9.59 Å². The molecule has 5 heteroatoms. The molecule has 0 saturated carbocycles. The van der Waals surface area contributed by atoms with Gasteiger partial charge in [-0.3, -0.25) is 14.9 Å². The fourth-order valence-electron chi connectivity index (χ4n) is 3.66. The molecule has 2 aromatic carbocycles. The highest BCUT2D eigenvalue weighted by Crippen LogP contribution is 2.32. The molecule has 0 saturated heterocycles. The van der Waals surface area contributed by atoms with Crippen LogP contribution in [0.1, 0.15) is 69.6 Å². The van der Waals surface area contributed by atoms with E-state index in [-0.39, 0.29) is 23.6 Å². The highest BCUT2D eigenvalue weighted by molar-refractivity contribution is 6.03. The number of nitrogens with zero attached hydrogens (tertiary/aromatic N) is 2. The van der Waals surface area contributed by atoms with Crippen LogP contribution < -0.4 is 5.32 Å². The van der Waals surface area contributed by atoms with E-state index in [1.54, 1.807) is 24.3 Å². The number of anilines is 1. The molecule has 1 amide bonds. The van der Waals surface area contributed by atoms with Gasteiger partial charge in [-0.05, 0) is 41.5 Å². The Bertz CT molecular complexity index is 1040. The molecule has 1 aliphatic rings. The van der Waals surface area contributed by atoms with E-state index in [2.05, 4.69) is 53.4 Å². The van der Waals surface area contributed by atoms with Crippen molar-refractivity contribution < 1.29 is 9.59 Å². The maximum absolute atomic E-state index is 12.6. The molecule has 5 nitrogen and oxygen atoms in total. The van der Waals surface area contributed by atoms with Crippen LogP contribution in [-0.4, -0.2) is 21.7 Å². The lowest BCUT2D eigenvalue weighted by molar-refractivity contribution is 0.0962. The van der Waals surface area contributed by atoms with Gasteiger partial charge in [0, 0.05) is 18.2 Å². The summed E-state index contributed by atoms with van der Waals surface area (Å²) in [5, 5.41) is 2.73. The molecule has 1 atom stereocenters. The van der Waals surface area contributed by atoms with Crippen LogP contribution in [0.4, 0.5) is 5.95 Å². The van der Waals surface area contributed by atoms with Crippen molar-refractivity contribution in [2.45, 2.75) is 38.5 Å². The van der Waals surface area contributed by atoms with Crippen molar-refractivity contribution in [1.82, 2.24) is 9.97 Å². The number of nitrogens with one attached hydrogen (secondary N) is 1. The van der Waals surface area contributed by atoms with Gasteiger partial charge in [0.2, 0.25) is 5.95 Å². The highest BCUT2D eigenvalue weighted by atomic mass is 16.1. The number of ketones is 1. The van der Waals surface area contributed by atoms with E-state index in [4.69, 9.17) is 0 Å². The van der Waals surface area contributed by atoms with Crippen molar-refractivity contribution in [1.29, 1.82) is 0 Å². The lowest BCUT2D eigenvalue weighted by atomic mass is 9.81. The molecular weight excluding hydrogens is 362 g/mol. The van der Waals surface area contributed by atoms with Crippen molar-refractivity contribution >= 4 is 17.6 Å². The first-order valence-corrected chi connectivity index (χ1v) is 9.86. The SMILES string of the molecule is CC(C)c1ccc([C@@H]2CC(=O)c3cnc(NC(=O)c4ccccc4)nc3C2)cc1. The summed E-state index contributed by atoms with van der Waals surface area (Å²) in [4.78, 5) is 33.7. The van der Waals surface area contributed by atoms with Gasteiger partial charge in [0.05, 0.1) is 11.3 Å². The number of benzene rings is 2. The van der Waals surface area contributed by atoms with Crippen molar-refractivity contribution in [3.8, 4) is 0 Å². The van der Waals surface area contributed by atoms with Gasteiger partial charge < -0.3 is 0 Å². The Balaban J connectivity index is 1.55. The maximum Gasteiger partial charge on any atom is 0.258 e. The minimum atomic E-state index is -0.270. The molecule has 29 heavy (non-hydrogen) atoms. The Morgan fingerprint density at radius 1 is 1.03 bits per heavy atom. The summed E-state index contributed by atoms with van der Waals surface area (Å²) < 4.78 is 0. The predicted molar refractivity (Wildman–Crippen MR) is 112 cm³/mol. The zero-order valence-electron chi connectivity index (χ0n) is 16.6. The van der Waals surface area contributed by atoms with Crippen molar-refractivity contribution in [2.75, 3.05) is 5.32 Å². The summed E-state index contributed by atoms with van der Waals surface area (Å²) >= 11 is 0. The van der Waals surface area contributed by atoms with Gasteiger partial charge in [0.15, 0.2) is 5.78 Å². The Labute approximate surface area is 170 Å². The fraction of sp³-hybridized carbons (Fsp3) is 0.250. The first kappa shape index (κ1) is 19.0. The van der Waals surface area contributed by atoms with Crippen LogP contribution in [0, 0.1) is 0 Å². The summed E-state index contributed by atoms with van der Waals surface area (Å²) in [6.07, 6.45) is 2.63. The topological polar surface area (TPSA) is 72.0 Å². The van der Waals surface area contributed by atoms with E-state index in [0.29, 0.717) is 35.6 Å². The van der Waals surface area contributed by atoms with Crippen molar-refractivity contribution in [3.05, 3.63) is 88.7 Å². The molecule has 0 fully saturated rings. The number of rotatable bonds is 4. The third kappa shape index (κ3) is 4.09. The standard InChI is InChI=1S/C24H23N3O2/c1-15(2)16-8-10-17(11-9-16)19-12-21-20(22(28)13-19)14-25-24(26-21)27-23(29)18-6-4-3-5-7-18/h3-11,14-15,19H,12-13H2,1-2H3,(H,25,26,27,29)/t19-/m0/s1. The van der Waals surface area contributed by atoms with Gasteiger partial charge in [-0.1, -0.05) is 56.3 Å². The number of fused-ring (bicyclic) bond motifs is 1. The quantitative estimate of drug-likeness (QED) is 0.702. The molecule has 146 valence electrons. The van der Waals surface area contributed by atoms with Crippen LogP contribution in [0.5, 0.6) is 0 Å². The molecule has 0 aliphatic heterocycles. The van der Waals surface area contributed by atoms with Crippen LogP contribution in [0.25, 0.3) is 0 Å². The molecule has 1 heterocycles. The van der Waals surface area contributed by atoms with Crippen LogP contribution >= 0.6 is 0 Å². The minimum absolute atomic E-state index is 0.0464. The number of hydrogen-bond donors (Lipinski definition) is 1. The molecule has 3 aromatic rings. The average molecular weight is 385 g/mol. The molecule has 1 aliphatic carbocycles. The van der Waals surface area contributed by atoms with Crippen molar-refractivity contribution in [3.63, 3.8) is 0 Å². The van der Waals surface area contributed by atoms with E-state index < -0.39 is 0 Å². The van der Waals surface area contributed by atoms with Crippen LogP contribution in [0.15, 0.2) is 60.8 Å². The lowest BCUT2D eigenvalue weighted by Gasteiger charge is -2.23. The number of Topliss-reactive ketones (excluding diaryl/α,β-unsaturated/α-hetero) is 1. The monoisotopic (exact) mass is 385 g/mol. The number of hydrogen-bond acceptors (Lipinski definition) is 4. The van der Waals surface area contributed by atoms with E-state index in [1.807, 2.05) is 6.07 Å². The third-order valence-corrected chi connectivity index (χ3v) is 5.38. The van der Waals surface area contributed by atoms with E-state index >= 15 is 0 Å². The normalized spacial score (nSPS) is 15.8. The summed E-state index contributed by atoms with van der Waals surface area (Å²) in [6.45, 7) is 4.33. The minimum Gasteiger partial charge on any atom is -0.294 e. The average Bonchev–Trinajstić information content (AvgIpc) is 2.74. The molecule has 4 rings (SSSR count). The second-order valence-corrected chi connectivity index (χ2v) is 7.72. The zero-order valence-corrected chi connectivity index (χ0v) is 16.6. The highest BCUT2D eigenvalue weighted by Gasteiger charge is 2.28. The Kier molecular flexibility index (Phi) is 5.21. The molecule has 0 bridgehead atoms. The summed E-state index contributed by atoms with van der Waals surface area (Å²) in [5.41, 5.74) is 4.20. The molecule has 0 radical (unpaired) electrons. The Morgan fingerprint density at radius 3 is 2.45 bits per heavy atom.